The maximum absolute atomic E-state index is 14.5. The fourth-order valence-corrected chi connectivity index (χ4v) is 10.4. The van der Waals surface area contributed by atoms with Crippen LogP contribution in [0.4, 0.5) is 0 Å². The fraction of sp³-hybridized carbons (Fsp3) is 0.784. The zero-order valence-electron chi connectivity index (χ0n) is 40.9. The van der Waals surface area contributed by atoms with Gasteiger partial charge in [-0.3, -0.25) is 19.2 Å². The van der Waals surface area contributed by atoms with Crippen molar-refractivity contribution in [3.05, 3.63) is 35.5 Å². The van der Waals surface area contributed by atoms with Crippen molar-refractivity contribution in [2.45, 2.75) is 193 Å². The van der Waals surface area contributed by atoms with Gasteiger partial charge in [-0.1, -0.05) is 58.9 Å². The highest BCUT2D eigenvalue weighted by Crippen LogP contribution is 2.39. The molecule has 3 N–H and O–H groups in total. The largest absolute Gasteiger partial charge is 0.460 e. The Kier molecular flexibility index (Phi) is 21.2. The number of aliphatic hydroxyl groups excluding tert-OH is 3. The Bertz CT molecular complexity index is 1710. The number of methoxy groups -OCH3 is 3. The van der Waals surface area contributed by atoms with E-state index in [9.17, 15) is 39.3 Å². The number of carbonyl (C=O) groups is 5. The van der Waals surface area contributed by atoms with Crippen LogP contribution in [-0.2, 0) is 47.7 Å². The van der Waals surface area contributed by atoms with Gasteiger partial charge in [0.15, 0.2) is 5.78 Å². The zero-order chi connectivity index (χ0) is 48.2. The number of piperidine rings is 1. The molecule has 4 aliphatic rings. The highest BCUT2D eigenvalue weighted by atomic mass is 16.7. The molecular formula is C51H81NO13. The molecule has 0 aromatic heterocycles. The number of ketones is 3. The Labute approximate surface area is 387 Å². The number of fused-ring (bicyclic) bond motifs is 3. The Hall–Kier alpha value is -3.11. The lowest BCUT2D eigenvalue weighted by atomic mass is 9.78. The van der Waals surface area contributed by atoms with Crippen LogP contribution in [0, 0.1) is 35.5 Å². The molecule has 1 saturated carbocycles. The number of aliphatic hydroxyl groups is 3. The molecule has 0 radical (unpaired) electrons. The summed E-state index contributed by atoms with van der Waals surface area (Å²) in [7, 11) is 4.30. The van der Waals surface area contributed by atoms with Crippen molar-refractivity contribution in [1.29, 1.82) is 0 Å². The highest BCUT2D eigenvalue weighted by molar-refractivity contribution is 6.39. The van der Waals surface area contributed by atoms with E-state index in [0.717, 1.165) is 19.3 Å². The second-order valence-electron chi connectivity index (χ2n) is 19.9. The second-order valence-corrected chi connectivity index (χ2v) is 19.9. The van der Waals surface area contributed by atoms with E-state index < -0.39 is 83.9 Å². The van der Waals surface area contributed by atoms with Gasteiger partial charge < -0.3 is 43.9 Å². The average Bonchev–Trinajstić information content (AvgIpc) is 3.28. The van der Waals surface area contributed by atoms with E-state index in [1.54, 1.807) is 34.0 Å². The first-order chi connectivity index (χ1) is 30.8. The van der Waals surface area contributed by atoms with Crippen LogP contribution in [-0.4, -0.2) is 132 Å². The van der Waals surface area contributed by atoms with Gasteiger partial charge in [0.1, 0.15) is 30.1 Å². The zero-order valence-corrected chi connectivity index (χ0v) is 40.9. The standard InChI is InChI=1S/C51H81NO13/c1-30-16-12-11-13-17-31(2)41(54)28-38-21-19-36(7)51(63-10,65-38)48(58)49(59)52-23-15-14-18-39(52)50(60)64-43(33(4)26-37-20-22-40(53)44(27-37)61-8)29-42(55)32(3)25-35(6)46(57)47(62-9)45(56)34(5)24-30/h11,13,17,25,30,32-34,36-41,43-44,46-47,53-54,57H,12,14-16,18-24,26-29H2,1-10H3/b13-11?,31-17?,35-25+/t30-,32-,33-,34-,36-,37+,38+,39+,40-,41?,43+,44-,46-,47+,51-/m1/s1. The summed E-state index contributed by atoms with van der Waals surface area (Å²) in [4.78, 5) is 72.4. The van der Waals surface area contributed by atoms with E-state index in [1.807, 2.05) is 39.0 Å². The lowest BCUT2D eigenvalue weighted by molar-refractivity contribution is -0.277. The van der Waals surface area contributed by atoms with Crippen LogP contribution in [0.1, 0.15) is 138 Å². The molecule has 65 heavy (non-hydrogen) atoms. The molecule has 1 amide bonds. The Morgan fingerprint density at radius 1 is 0.862 bits per heavy atom. The molecule has 2 bridgehead atoms. The summed E-state index contributed by atoms with van der Waals surface area (Å²) >= 11 is 0. The summed E-state index contributed by atoms with van der Waals surface area (Å²) in [5.41, 5.74) is 1.10. The molecule has 15 atom stereocenters. The number of cyclic esters (lactones) is 1. The minimum absolute atomic E-state index is 0.125. The predicted octanol–water partition coefficient (Wildman–Crippen LogP) is 6.40. The Morgan fingerprint density at radius 3 is 2.26 bits per heavy atom. The number of ether oxygens (including phenoxy) is 5. The molecule has 14 heteroatoms. The number of carbonyl (C=O) groups excluding carboxylic acids is 5. The molecule has 14 nitrogen and oxygen atoms in total. The molecule has 1 unspecified atom stereocenters. The lowest BCUT2D eigenvalue weighted by Gasteiger charge is -2.44. The van der Waals surface area contributed by atoms with Gasteiger partial charge in [0, 0.05) is 58.5 Å². The number of hydrogen-bond acceptors (Lipinski definition) is 13. The summed E-state index contributed by atoms with van der Waals surface area (Å²) in [6.45, 7) is 13.0. The molecule has 0 aromatic rings. The van der Waals surface area contributed by atoms with Gasteiger partial charge in [0.25, 0.3) is 11.7 Å². The summed E-state index contributed by atoms with van der Waals surface area (Å²) < 4.78 is 29.7. The average molecular weight is 916 g/mol. The molecule has 368 valence electrons. The van der Waals surface area contributed by atoms with Crippen molar-refractivity contribution in [3.63, 3.8) is 0 Å². The van der Waals surface area contributed by atoms with Gasteiger partial charge in [-0.2, -0.15) is 0 Å². The van der Waals surface area contributed by atoms with Gasteiger partial charge >= 0.3 is 5.97 Å². The highest BCUT2D eigenvalue weighted by Gasteiger charge is 2.54. The van der Waals surface area contributed by atoms with Gasteiger partial charge in [0.05, 0.1) is 24.4 Å². The van der Waals surface area contributed by atoms with E-state index in [4.69, 9.17) is 23.7 Å². The van der Waals surface area contributed by atoms with E-state index in [1.165, 1.54) is 19.1 Å². The second kappa shape index (κ2) is 25.3. The third-order valence-corrected chi connectivity index (χ3v) is 14.8. The summed E-state index contributed by atoms with van der Waals surface area (Å²) in [6.07, 6.45) is 8.72. The van der Waals surface area contributed by atoms with E-state index in [0.29, 0.717) is 62.5 Å². The first-order valence-electron chi connectivity index (χ1n) is 24.2. The molecule has 4 rings (SSSR count). The molecule has 0 aromatic carbocycles. The normalized spacial score (nSPS) is 38.9. The maximum Gasteiger partial charge on any atom is 0.329 e. The summed E-state index contributed by atoms with van der Waals surface area (Å²) in [5, 5.41) is 33.2. The Morgan fingerprint density at radius 2 is 1.58 bits per heavy atom. The van der Waals surface area contributed by atoms with Crippen LogP contribution in [0.3, 0.4) is 0 Å². The van der Waals surface area contributed by atoms with Gasteiger partial charge in [-0.25, -0.2) is 4.79 Å². The van der Waals surface area contributed by atoms with Crippen molar-refractivity contribution in [2.24, 2.45) is 35.5 Å². The quantitative estimate of drug-likeness (QED) is 0.151. The van der Waals surface area contributed by atoms with Crippen LogP contribution in [0.5, 0.6) is 0 Å². The summed E-state index contributed by atoms with van der Waals surface area (Å²) in [6, 6.07) is -1.10. The van der Waals surface area contributed by atoms with Crippen LogP contribution in [0.2, 0.25) is 0 Å². The fourth-order valence-electron chi connectivity index (χ4n) is 10.4. The first kappa shape index (κ1) is 54.5. The van der Waals surface area contributed by atoms with Crippen LogP contribution >= 0.6 is 0 Å². The van der Waals surface area contributed by atoms with Crippen molar-refractivity contribution < 1.29 is 63.0 Å². The number of amides is 1. The molecule has 3 heterocycles. The first-order valence-corrected chi connectivity index (χ1v) is 24.2. The molecule has 3 aliphatic heterocycles. The molecule has 0 spiro atoms. The minimum Gasteiger partial charge on any atom is -0.460 e. The molecule has 2 saturated heterocycles. The van der Waals surface area contributed by atoms with Gasteiger partial charge in [-0.05, 0) is 120 Å². The van der Waals surface area contributed by atoms with Crippen molar-refractivity contribution in [2.75, 3.05) is 27.9 Å². The van der Waals surface area contributed by atoms with Crippen LogP contribution in [0.25, 0.3) is 0 Å². The van der Waals surface area contributed by atoms with E-state index >= 15 is 0 Å². The molecule has 1 aliphatic carbocycles. The third kappa shape index (κ3) is 14.2. The van der Waals surface area contributed by atoms with Gasteiger partial charge in [0.2, 0.25) is 5.79 Å². The minimum atomic E-state index is -1.93. The predicted molar refractivity (Wildman–Crippen MR) is 245 cm³/mol. The lowest BCUT2D eigenvalue weighted by Crippen LogP contribution is -2.61. The van der Waals surface area contributed by atoms with Crippen molar-refractivity contribution in [3.8, 4) is 0 Å². The van der Waals surface area contributed by atoms with Gasteiger partial charge in [-0.15, -0.1) is 0 Å². The number of esters is 1. The number of rotatable bonds is 6. The topological polar surface area (TPSA) is 195 Å². The smallest absolute Gasteiger partial charge is 0.329 e. The third-order valence-electron chi connectivity index (χ3n) is 14.8. The summed E-state index contributed by atoms with van der Waals surface area (Å²) in [5.74, 6) is -6.60. The number of nitrogens with zero attached hydrogens (tertiary/aromatic N) is 1. The maximum atomic E-state index is 14.5. The molecular weight excluding hydrogens is 835 g/mol. The van der Waals surface area contributed by atoms with Crippen molar-refractivity contribution >= 4 is 29.2 Å². The number of hydrogen-bond donors (Lipinski definition) is 3. The van der Waals surface area contributed by atoms with E-state index in [-0.39, 0.29) is 61.2 Å². The Balaban J connectivity index is 1.69. The SMILES string of the molecule is CO[C@@H]1C[C@H](C[C@@H](C)[C@@H]2CC(=O)[C@H](C)/C=C(\C)[C@@H](O)[C@@H](OC)C(=O)[C@H](C)C[C@H](C)CCC=CC=C(C)C(O)C[C@@H]3CC[C@@H](C)[C@@](OC)(O3)C(=O)C(=O)N3CCCC[C@H]3C(=O)O2)CC[C@H]1O. The number of allylic oxidation sites excluding steroid dienone is 4. The number of Topliss-reactive ketones (excluding diaryl/α,β-unsaturated/α-hetero) is 3. The van der Waals surface area contributed by atoms with Crippen LogP contribution in [0.15, 0.2) is 35.5 Å². The van der Waals surface area contributed by atoms with Crippen LogP contribution < -0.4 is 0 Å². The van der Waals surface area contributed by atoms with Crippen molar-refractivity contribution in [1.82, 2.24) is 4.90 Å². The monoisotopic (exact) mass is 916 g/mol. The van der Waals surface area contributed by atoms with E-state index in [2.05, 4.69) is 6.92 Å². The molecule has 3 fully saturated rings.